The largest absolute Gasteiger partial charge is 0.385 e. The standard InChI is InChI=1S/C25H29ClN6.C3H8O2/c1-25(2,3)31-22-9-6-17-5-7-18(13-21(17)30-22)27-14-16-4-8-19(12-16)32-11-10-20-23(26)28-15-29-24(20)32;1-3(2,4)5/h5-7,9-11,13,15-16,19,27H,4,8,12,14H2,1-3H3,(H,30,31);4-5H,1-2H3. The minimum Gasteiger partial charge on any atom is -0.385 e. The second kappa shape index (κ2) is 10.8. The molecule has 0 saturated heterocycles. The van der Waals surface area contributed by atoms with Gasteiger partial charge in [-0.3, -0.25) is 0 Å². The Labute approximate surface area is 223 Å². The zero-order valence-corrected chi connectivity index (χ0v) is 22.9. The van der Waals surface area contributed by atoms with Crippen LogP contribution in [0.15, 0.2) is 48.9 Å². The molecule has 198 valence electrons. The molecule has 4 N–H and O–H groups in total. The molecular weight excluding hydrogens is 488 g/mol. The van der Waals surface area contributed by atoms with Crippen LogP contribution in [0.3, 0.4) is 0 Å². The van der Waals surface area contributed by atoms with Gasteiger partial charge in [-0.25, -0.2) is 15.0 Å². The van der Waals surface area contributed by atoms with Crippen LogP contribution in [-0.4, -0.2) is 47.6 Å². The molecule has 1 fully saturated rings. The summed E-state index contributed by atoms with van der Waals surface area (Å²) < 4.78 is 2.27. The van der Waals surface area contributed by atoms with E-state index in [4.69, 9.17) is 26.8 Å². The van der Waals surface area contributed by atoms with Crippen LogP contribution in [0.1, 0.15) is 59.9 Å². The van der Waals surface area contributed by atoms with Gasteiger partial charge in [-0.1, -0.05) is 17.7 Å². The average Bonchev–Trinajstić information content (AvgIpc) is 3.43. The highest BCUT2D eigenvalue weighted by molar-refractivity contribution is 6.33. The van der Waals surface area contributed by atoms with Crippen LogP contribution in [0.4, 0.5) is 11.5 Å². The maximum absolute atomic E-state index is 8.08. The fraction of sp³-hybridized carbons (Fsp3) is 0.464. The number of fused-ring (bicyclic) bond motifs is 2. The second-order valence-electron chi connectivity index (χ2n) is 11.3. The highest BCUT2D eigenvalue weighted by Crippen LogP contribution is 2.37. The van der Waals surface area contributed by atoms with Gasteiger partial charge in [0.1, 0.15) is 22.9 Å². The van der Waals surface area contributed by atoms with E-state index in [1.54, 1.807) is 6.33 Å². The van der Waals surface area contributed by atoms with Crippen LogP contribution >= 0.6 is 11.6 Å². The molecule has 0 spiro atoms. The summed E-state index contributed by atoms with van der Waals surface area (Å²) in [5.41, 5.74) is 3.04. The normalized spacial score (nSPS) is 18.1. The molecule has 37 heavy (non-hydrogen) atoms. The Balaban J connectivity index is 0.000000586. The first-order chi connectivity index (χ1) is 17.4. The van der Waals surface area contributed by atoms with Gasteiger partial charge < -0.3 is 25.4 Å². The summed E-state index contributed by atoms with van der Waals surface area (Å²) in [5.74, 6) is 0.0240. The Morgan fingerprint density at radius 2 is 1.76 bits per heavy atom. The summed E-state index contributed by atoms with van der Waals surface area (Å²) in [7, 11) is 0. The fourth-order valence-corrected chi connectivity index (χ4v) is 4.86. The number of halogens is 1. The molecular formula is C28H37ClN6O2. The summed E-state index contributed by atoms with van der Waals surface area (Å²) >= 11 is 6.22. The number of rotatable bonds is 5. The Hall–Kier alpha value is -2.94. The molecule has 0 radical (unpaired) electrons. The van der Waals surface area contributed by atoms with Gasteiger partial charge in [0, 0.05) is 35.4 Å². The topological polar surface area (TPSA) is 108 Å². The summed E-state index contributed by atoms with van der Waals surface area (Å²) in [6, 6.07) is 13.1. The van der Waals surface area contributed by atoms with E-state index in [-0.39, 0.29) is 5.54 Å². The first kappa shape index (κ1) is 27.1. The van der Waals surface area contributed by atoms with Crippen molar-refractivity contribution in [1.82, 2.24) is 19.5 Å². The molecule has 0 amide bonds. The van der Waals surface area contributed by atoms with Gasteiger partial charge in [-0.15, -0.1) is 0 Å². The molecule has 9 heteroatoms. The number of anilines is 2. The summed E-state index contributed by atoms with van der Waals surface area (Å²) in [6.45, 7) is 9.98. The smallest absolute Gasteiger partial charge is 0.156 e. The first-order valence-electron chi connectivity index (χ1n) is 12.7. The maximum Gasteiger partial charge on any atom is 0.156 e. The van der Waals surface area contributed by atoms with Gasteiger partial charge in [-0.2, -0.15) is 0 Å². The van der Waals surface area contributed by atoms with Crippen molar-refractivity contribution in [1.29, 1.82) is 0 Å². The van der Waals surface area contributed by atoms with Crippen molar-refractivity contribution in [3.05, 3.63) is 54.1 Å². The maximum atomic E-state index is 8.08. The number of pyridine rings is 1. The molecule has 3 heterocycles. The van der Waals surface area contributed by atoms with E-state index in [9.17, 15) is 0 Å². The first-order valence-corrected chi connectivity index (χ1v) is 13.1. The monoisotopic (exact) mass is 524 g/mol. The van der Waals surface area contributed by atoms with Crippen LogP contribution < -0.4 is 10.6 Å². The van der Waals surface area contributed by atoms with E-state index < -0.39 is 5.79 Å². The predicted molar refractivity (Wildman–Crippen MR) is 151 cm³/mol. The van der Waals surface area contributed by atoms with Crippen molar-refractivity contribution in [2.45, 2.75) is 71.2 Å². The van der Waals surface area contributed by atoms with Crippen LogP contribution in [0.25, 0.3) is 21.9 Å². The van der Waals surface area contributed by atoms with Gasteiger partial charge in [0.05, 0.1) is 10.9 Å². The predicted octanol–water partition coefficient (Wildman–Crippen LogP) is 6.00. The van der Waals surface area contributed by atoms with Crippen molar-refractivity contribution >= 4 is 45.0 Å². The average molecular weight is 525 g/mol. The molecule has 5 rings (SSSR count). The van der Waals surface area contributed by atoms with Gasteiger partial charge >= 0.3 is 0 Å². The zero-order chi connectivity index (χ0) is 26.8. The molecule has 0 aliphatic heterocycles. The van der Waals surface area contributed by atoms with E-state index in [0.29, 0.717) is 17.1 Å². The lowest BCUT2D eigenvalue weighted by Gasteiger charge is -2.21. The highest BCUT2D eigenvalue weighted by atomic mass is 35.5. The Kier molecular flexibility index (Phi) is 7.92. The molecule has 8 nitrogen and oxygen atoms in total. The van der Waals surface area contributed by atoms with Crippen molar-refractivity contribution in [2.24, 2.45) is 5.92 Å². The number of benzene rings is 1. The van der Waals surface area contributed by atoms with E-state index in [1.165, 1.54) is 20.3 Å². The fourth-order valence-electron chi connectivity index (χ4n) is 4.66. The molecule has 1 aliphatic carbocycles. The number of hydrogen-bond acceptors (Lipinski definition) is 7. The van der Waals surface area contributed by atoms with Gasteiger partial charge in [0.2, 0.25) is 0 Å². The van der Waals surface area contributed by atoms with Crippen LogP contribution in [0.2, 0.25) is 5.15 Å². The molecule has 0 bridgehead atoms. The van der Waals surface area contributed by atoms with Crippen molar-refractivity contribution in [2.75, 3.05) is 17.2 Å². The molecule has 1 aromatic carbocycles. The van der Waals surface area contributed by atoms with Crippen molar-refractivity contribution in [3.63, 3.8) is 0 Å². The Morgan fingerprint density at radius 3 is 2.49 bits per heavy atom. The van der Waals surface area contributed by atoms with Gasteiger partial charge in [0.15, 0.2) is 5.79 Å². The minimum atomic E-state index is -1.50. The molecule has 2 unspecified atom stereocenters. The minimum absolute atomic E-state index is 0.0159. The Bertz CT molecular complexity index is 1350. The Morgan fingerprint density at radius 1 is 1.03 bits per heavy atom. The van der Waals surface area contributed by atoms with Crippen LogP contribution in [-0.2, 0) is 0 Å². The SMILES string of the molecule is CC(C)(C)Nc1ccc2ccc(NCC3CCC(n4ccc5c(Cl)ncnc54)C3)cc2n1.CC(C)(O)O. The molecule has 1 aliphatic rings. The molecule has 3 aromatic heterocycles. The number of nitrogens with zero attached hydrogens (tertiary/aromatic N) is 4. The third-order valence-electron chi connectivity index (χ3n) is 6.16. The molecule has 1 saturated carbocycles. The van der Waals surface area contributed by atoms with E-state index in [1.807, 2.05) is 12.1 Å². The zero-order valence-electron chi connectivity index (χ0n) is 22.2. The van der Waals surface area contributed by atoms with Crippen molar-refractivity contribution in [3.8, 4) is 0 Å². The van der Waals surface area contributed by atoms with E-state index in [0.717, 1.165) is 52.8 Å². The third-order valence-corrected chi connectivity index (χ3v) is 6.46. The lowest BCUT2D eigenvalue weighted by molar-refractivity contribution is -0.127. The number of hydrogen-bond donors (Lipinski definition) is 4. The lowest BCUT2D eigenvalue weighted by atomic mass is 10.1. The van der Waals surface area contributed by atoms with Crippen LogP contribution in [0, 0.1) is 5.92 Å². The third kappa shape index (κ3) is 7.53. The second-order valence-corrected chi connectivity index (χ2v) is 11.7. The molecule has 4 aromatic rings. The molecule has 2 atom stereocenters. The quantitative estimate of drug-likeness (QED) is 0.187. The summed E-state index contributed by atoms with van der Waals surface area (Å²) in [5, 5.41) is 25.9. The number of aliphatic hydroxyl groups is 2. The number of aromatic nitrogens is 4. The lowest BCUT2D eigenvalue weighted by Crippen LogP contribution is -2.26. The summed E-state index contributed by atoms with van der Waals surface area (Å²) in [4.78, 5) is 13.4. The van der Waals surface area contributed by atoms with Gasteiger partial charge in [-0.05, 0) is 90.1 Å². The summed E-state index contributed by atoms with van der Waals surface area (Å²) in [6.07, 6.45) is 7.12. The van der Waals surface area contributed by atoms with Crippen LogP contribution in [0.5, 0.6) is 0 Å². The van der Waals surface area contributed by atoms with E-state index in [2.05, 4.69) is 76.4 Å². The number of nitrogens with one attached hydrogen (secondary N) is 2. The van der Waals surface area contributed by atoms with E-state index >= 15 is 0 Å². The van der Waals surface area contributed by atoms with Crippen molar-refractivity contribution < 1.29 is 10.2 Å². The van der Waals surface area contributed by atoms with Gasteiger partial charge in [0.25, 0.3) is 0 Å². The highest BCUT2D eigenvalue weighted by Gasteiger charge is 2.27.